The van der Waals surface area contributed by atoms with Gasteiger partial charge in [0, 0.05) is 48.0 Å². The molecule has 0 bridgehead atoms. The molecule has 0 atom stereocenters. The molecule has 4 N–H and O–H groups in total. The van der Waals surface area contributed by atoms with Crippen LogP contribution in [0.2, 0.25) is 0 Å². The summed E-state index contributed by atoms with van der Waals surface area (Å²) in [4.78, 5) is 7.93. The van der Waals surface area contributed by atoms with Crippen molar-refractivity contribution in [2.45, 2.75) is 0 Å². The lowest BCUT2D eigenvalue weighted by atomic mass is 10.1. The van der Waals surface area contributed by atoms with Crippen LogP contribution in [0, 0.1) is 0 Å². The van der Waals surface area contributed by atoms with Crippen molar-refractivity contribution in [3.05, 3.63) is 60.9 Å². The van der Waals surface area contributed by atoms with E-state index in [0.717, 1.165) is 28.2 Å². The van der Waals surface area contributed by atoms with Crippen LogP contribution in [-0.2, 0) is 7.05 Å². The van der Waals surface area contributed by atoms with Crippen LogP contribution < -0.4 is 16.4 Å². The van der Waals surface area contributed by atoms with Crippen molar-refractivity contribution in [1.82, 2.24) is 9.78 Å². The maximum Gasteiger partial charge on any atom is 0.111 e. The number of aryl methyl sites for hydroxylation is 1. The third kappa shape index (κ3) is 5.18. The molecule has 0 aliphatic rings. The molecule has 7 heteroatoms. The molecule has 0 saturated carbocycles. The number of hydrogen-bond donors (Lipinski definition) is 3. The Kier molecular flexibility index (Phi) is 6.19. The number of aliphatic imine (C=N–C) groups is 2. The highest BCUT2D eigenvalue weighted by Gasteiger charge is 2.08. The number of para-hydroxylation sites is 1. The number of anilines is 3. The van der Waals surface area contributed by atoms with Crippen molar-refractivity contribution in [2.24, 2.45) is 22.8 Å². The summed E-state index contributed by atoms with van der Waals surface area (Å²) < 4.78 is 1.80. The van der Waals surface area contributed by atoms with Crippen molar-refractivity contribution in [3.63, 3.8) is 0 Å². The van der Waals surface area contributed by atoms with Crippen molar-refractivity contribution < 1.29 is 0 Å². The largest absolute Gasteiger partial charge is 0.390 e. The number of benzene rings is 2. The number of nitrogens with one attached hydrogen (secondary N) is 2. The fourth-order valence-corrected chi connectivity index (χ4v) is 2.67. The Morgan fingerprint density at radius 2 is 2.00 bits per heavy atom. The van der Waals surface area contributed by atoms with Gasteiger partial charge in [0.1, 0.15) is 6.34 Å². The highest BCUT2D eigenvalue weighted by Crippen LogP contribution is 2.31. The zero-order valence-corrected chi connectivity index (χ0v) is 15.2. The molecular weight excluding hydrogens is 338 g/mol. The highest BCUT2D eigenvalue weighted by molar-refractivity contribution is 5.81. The molecular formula is C20H23N7. The molecule has 0 spiro atoms. The van der Waals surface area contributed by atoms with Crippen LogP contribution in [0.3, 0.4) is 0 Å². The lowest BCUT2D eigenvalue weighted by molar-refractivity contribution is 0.768. The van der Waals surface area contributed by atoms with E-state index in [1.807, 2.05) is 49.8 Å². The molecule has 2 aromatic carbocycles. The third-order valence-electron chi connectivity index (χ3n) is 3.89. The van der Waals surface area contributed by atoms with Crippen LogP contribution in [0.4, 0.5) is 17.1 Å². The van der Waals surface area contributed by atoms with Gasteiger partial charge in [-0.05, 0) is 24.3 Å². The first kappa shape index (κ1) is 18.2. The zero-order chi connectivity index (χ0) is 18.9. The zero-order valence-electron chi connectivity index (χ0n) is 15.2. The molecule has 0 aliphatic heterocycles. The summed E-state index contributed by atoms with van der Waals surface area (Å²) >= 11 is 0. The molecule has 3 rings (SSSR count). The minimum Gasteiger partial charge on any atom is -0.390 e. The average Bonchev–Trinajstić information content (AvgIpc) is 3.12. The summed E-state index contributed by atoms with van der Waals surface area (Å²) in [6.07, 6.45) is 6.53. The van der Waals surface area contributed by atoms with Gasteiger partial charge in [0.25, 0.3) is 0 Å². The predicted molar refractivity (Wildman–Crippen MR) is 113 cm³/mol. The van der Waals surface area contributed by atoms with Crippen molar-refractivity contribution in [3.8, 4) is 11.1 Å². The van der Waals surface area contributed by atoms with Crippen molar-refractivity contribution >= 4 is 29.7 Å². The van der Waals surface area contributed by atoms with Crippen LogP contribution in [0.1, 0.15) is 0 Å². The molecule has 1 aromatic heterocycles. The van der Waals surface area contributed by atoms with Gasteiger partial charge in [0.15, 0.2) is 0 Å². The summed E-state index contributed by atoms with van der Waals surface area (Å²) in [6, 6.07) is 16.3. The van der Waals surface area contributed by atoms with Gasteiger partial charge in [-0.2, -0.15) is 5.10 Å². The molecule has 0 amide bonds. The molecule has 138 valence electrons. The Hall–Kier alpha value is -3.61. The van der Waals surface area contributed by atoms with E-state index in [1.54, 1.807) is 4.68 Å². The molecule has 7 nitrogen and oxygen atoms in total. The standard InChI is InChI=1S/C20H23N7/c1-27-13-16(12-25-27)19-8-7-18(26-17-5-3-2-4-6-17)11-20(19)24-10-9-22-15-23-14-21/h2-8,11-15,24,26H,9-10H2,1H3,(H2,21,22,23). The van der Waals surface area contributed by atoms with Gasteiger partial charge >= 0.3 is 0 Å². The molecule has 3 aromatic rings. The Morgan fingerprint density at radius 1 is 1.15 bits per heavy atom. The Balaban J connectivity index is 1.80. The normalized spacial score (nSPS) is 11.3. The maximum absolute atomic E-state index is 5.19. The second-order valence-corrected chi connectivity index (χ2v) is 5.90. The first-order valence-corrected chi connectivity index (χ1v) is 8.67. The SMILES string of the molecule is Cn1cc(-c2ccc(Nc3ccccc3)cc2NCCN=CN=CN)cn1. The number of nitrogens with two attached hydrogens (primary N) is 1. The van der Waals surface area contributed by atoms with Crippen LogP contribution >= 0.6 is 0 Å². The number of aromatic nitrogens is 2. The van der Waals surface area contributed by atoms with E-state index in [2.05, 4.69) is 43.9 Å². The van der Waals surface area contributed by atoms with E-state index in [9.17, 15) is 0 Å². The second-order valence-electron chi connectivity index (χ2n) is 5.90. The second kappa shape index (κ2) is 9.19. The van der Waals surface area contributed by atoms with Gasteiger partial charge in [-0.15, -0.1) is 0 Å². The van der Waals surface area contributed by atoms with Crippen LogP contribution in [0.15, 0.2) is 70.9 Å². The molecule has 0 saturated heterocycles. The Bertz CT molecular complexity index is 913. The first-order valence-electron chi connectivity index (χ1n) is 8.67. The maximum atomic E-state index is 5.19. The molecule has 0 aliphatic carbocycles. The van der Waals surface area contributed by atoms with Crippen LogP contribution in [-0.4, -0.2) is 35.5 Å². The minimum atomic E-state index is 0.597. The summed E-state index contributed by atoms with van der Waals surface area (Å²) in [7, 11) is 1.91. The molecule has 0 radical (unpaired) electrons. The summed E-state index contributed by atoms with van der Waals surface area (Å²) in [5, 5.41) is 11.1. The van der Waals surface area contributed by atoms with E-state index in [0.29, 0.717) is 13.1 Å². The molecule has 0 fully saturated rings. The monoisotopic (exact) mass is 361 g/mol. The van der Waals surface area contributed by atoms with E-state index < -0.39 is 0 Å². The van der Waals surface area contributed by atoms with Gasteiger partial charge in [0.2, 0.25) is 0 Å². The quantitative estimate of drug-likeness (QED) is 0.326. The molecule has 1 heterocycles. The molecule has 27 heavy (non-hydrogen) atoms. The summed E-state index contributed by atoms with van der Waals surface area (Å²) in [5.74, 6) is 0. The lowest BCUT2D eigenvalue weighted by Gasteiger charge is -2.14. The van der Waals surface area contributed by atoms with Crippen LogP contribution in [0.5, 0.6) is 0 Å². The smallest absolute Gasteiger partial charge is 0.111 e. The van der Waals surface area contributed by atoms with Crippen molar-refractivity contribution in [1.29, 1.82) is 0 Å². The molecule has 0 unspecified atom stereocenters. The summed E-state index contributed by atoms with van der Waals surface area (Å²) in [6.45, 7) is 1.28. The van der Waals surface area contributed by atoms with Gasteiger partial charge in [0.05, 0.1) is 19.1 Å². The fraction of sp³-hybridized carbons (Fsp3) is 0.150. The van der Waals surface area contributed by atoms with Gasteiger partial charge in [-0.1, -0.05) is 24.3 Å². The lowest BCUT2D eigenvalue weighted by Crippen LogP contribution is -2.06. The van der Waals surface area contributed by atoms with Gasteiger partial charge < -0.3 is 16.4 Å². The third-order valence-corrected chi connectivity index (χ3v) is 3.89. The predicted octanol–water partition coefficient (Wildman–Crippen LogP) is 3.26. The number of hydrogen-bond acceptors (Lipinski definition) is 4. The van der Waals surface area contributed by atoms with E-state index in [-0.39, 0.29) is 0 Å². The van der Waals surface area contributed by atoms with E-state index >= 15 is 0 Å². The van der Waals surface area contributed by atoms with Gasteiger partial charge in [-0.25, -0.2) is 4.99 Å². The minimum absolute atomic E-state index is 0.597. The average molecular weight is 361 g/mol. The Morgan fingerprint density at radius 3 is 2.74 bits per heavy atom. The van der Waals surface area contributed by atoms with Gasteiger partial charge in [-0.3, -0.25) is 9.67 Å². The first-order chi connectivity index (χ1) is 13.3. The Labute approximate surface area is 158 Å². The van der Waals surface area contributed by atoms with E-state index in [4.69, 9.17) is 5.73 Å². The van der Waals surface area contributed by atoms with E-state index in [1.165, 1.54) is 12.7 Å². The highest BCUT2D eigenvalue weighted by atomic mass is 15.2. The summed E-state index contributed by atoms with van der Waals surface area (Å²) in [5.41, 5.74) is 10.4. The number of nitrogens with zero attached hydrogens (tertiary/aromatic N) is 4. The van der Waals surface area contributed by atoms with Crippen LogP contribution in [0.25, 0.3) is 11.1 Å². The topological polar surface area (TPSA) is 92.6 Å². The van der Waals surface area contributed by atoms with Crippen molar-refractivity contribution in [2.75, 3.05) is 23.7 Å². The number of rotatable bonds is 8. The fourth-order valence-electron chi connectivity index (χ4n) is 2.67.